The quantitative estimate of drug-likeness (QED) is 0.432. The van der Waals surface area contributed by atoms with Gasteiger partial charge in [-0.05, 0) is 28.8 Å². The summed E-state index contributed by atoms with van der Waals surface area (Å²) in [5.74, 6) is 0.873. The average Bonchev–Trinajstić information content (AvgIpc) is 3.56. The van der Waals surface area contributed by atoms with Gasteiger partial charge in [-0.15, -0.1) is 0 Å². The molecule has 0 unspecified atom stereocenters. The van der Waals surface area contributed by atoms with E-state index in [-0.39, 0.29) is 0 Å². The highest BCUT2D eigenvalue weighted by molar-refractivity contribution is 7.89. The van der Waals surface area contributed by atoms with Gasteiger partial charge < -0.3 is 9.97 Å². The first-order valence-electron chi connectivity index (χ1n) is 10.4. The Kier molecular flexibility index (Phi) is 5.60. The third-order valence-electron chi connectivity index (χ3n) is 5.66. The molecule has 2 aromatic carbocycles. The molecule has 0 spiro atoms. The first-order chi connectivity index (χ1) is 15.6. The number of aromatic amines is 2. The van der Waals surface area contributed by atoms with Crippen molar-refractivity contribution in [3.05, 3.63) is 102 Å². The molecule has 0 fully saturated rings. The summed E-state index contributed by atoms with van der Waals surface area (Å²) >= 11 is 0. The van der Waals surface area contributed by atoms with Gasteiger partial charge in [0.2, 0.25) is 10.0 Å². The van der Waals surface area contributed by atoms with Gasteiger partial charge in [0, 0.05) is 50.5 Å². The fourth-order valence-corrected chi connectivity index (χ4v) is 5.42. The minimum absolute atomic E-state index is 0.320. The Bertz CT molecular complexity index is 1210. The van der Waals surface area contributed by atoms with Gasteiger partial charge in [0.05, 0.1) is 17.8 Å². The van der Waals surface area contributed by atoms with Crippen molar-refractivity contribution in [1.82, 2.24) is 29.1 Å². The van der Waals surface area contributed by atoms with Crippen molar-refractivity contribution < 1.29 is 8.42 Å². The molecule has 32 heavy (non-hydrogen) atoms. The summed E-state index contributed by atoms with van der Waals surface area (Å²) in [4.78, 5) is 17.2. The number of hydrogen-bond donors (Lipinski definition) is 2. The predicted molar refractivity (Wildman–Crippen MR) is 119 cm³/mol. The van der Waals surface area contributed by atoms with Crippen molar-refractivity contribution in [2.75, 3.05) is 0 Å². The van der Waals surface area contributed by atoms with Crippen LogP contribution in [0.3, 0.4) is 0 Å². The number of imidazole rings is 2. The third-order valence-corrected chi connectivity index (χ3v) is 7.46. The van der Waals surface area contributed by atoms with E-state index in [1.54, 1.807) is 37.1 Å². The van der Waals surface area contributed by atoms with Crippen LogP contribution in [0.15, 0.2) is 78.3 Å². The molecule has 164 valence electrons. The van der Waals surface area contributed by atoms with E-state index in [2.05, 4.69) is 24.8 Å². The first-order valence-corrected chi connectivity index (χ1v) is 11.9. The molecule has 0 amide bonds. The summed E-state index contributed by atoms with van der Waals surface area (Å²) < 4.78 is 27.8. The summed E-state index contributed by atoms with van der Waals surface area (Å²) in [7, 11) is -3.54. The Balaban J connectivity index is 1.30. The van der Waals surface area contributed by atoms with E-state index in [0.29, 0.717) is 37.6 Å². The van der Waals surface area contributed by atoms with E-state index in [1.807, 2.05) is 36.4 Å². The van der Waals surface area contributed by atoms with Gasteiger partial charge in [0.25, 0.3) is 0 Å². The molecular formula is C23H24N6O2S. The van der Waals surface area contributed by atoms with Crippen molar-refractivity contribution in [3.8, 4) is 0 Å². The molecule has 2 aromatic heterocycles. The molecule has 8 nitrogen and oxygen atoms in total. The fourth-order valence-electron chi connectivity index (χ4n) is 4.02. The van der Waals surface area contributed by atoms with Crippen molar-refractivity contribution in [3.63, 3.8) is 0 Å². The van der Waals surface area contributed by atoms with Crippen molar-refractivity contribution >= 4 is 10.0 Å². The molecule has 0 radical (unpaired) electrons. The van der Waals surface area contributed by atoms with E-state index in [1.165, 1.54) is 4.31 Å². The summed E-state index contributed by atoms with van der Waals surface area (Å²) in [5, 5.41) is 0. The second-order valence-electron chi connectivity index (χ2n) is 7.94. The molecule has 0 bridgehead atoms. The maximum absolute atomic E-state index is 13.2. The minimum atomic E-state index is -3.54. The number of fused-ring (bicyclic) bond motifs is 1. The molecule has 0 atom stereocenters. The Morgan fingerprint density at radius 3 is 2.31 bits per heavy atom. The number of hydrogen-bond acceptors (Lipinski definition) is 5. The number of rotatable bonds is 8. The lowest BCUT2D eigenvalue weighted by molar-refractivity contribution is 0.239. The number of benzene rings is 2. The Morgan fingerprint density at radius 1 is 0.938 bits per heavy atom. The van der Waals surface area contributed by atoms with Crippen molar-refractivity contribution in [1.29, 1.82) is 0 Å². The lowest BCUT2D eigenvalue weighted by atomic mass is 10.1. The van der Waals surface area contributed by atoms with Crippen LogP contribution in [0.5, 0.6) is 0 Å². The number of nitrogens with zero attached hydrogens (tertiary/aromatic N) is 4. The molecule has 0 saturated heterocycles. The number of aromatic nitrogens is 4. The van der Waals surface area contributed by atoms with Gasteiger partial charge in [0.1, 0.15) is 5.82 Å². The van der Waals surface area contributed by atoms with Gasteiger partial charge in [-0.2, -0.15) is 4.31 Å². The van der Waals surface area contributed by atoms with Gasteiger partial charge in [0.15, 0.2) is 0 Å². The molecule has 2 N–H and O–H groups in total. The van der Waals surface area contributed by atoms with Gasteiger partial charge in [-0.25, -0.2) is 18.4 Å². The maximum atomic E-state index is 13.2. The van der Waals surface area contributed by atoms with Crippen LogP contribution in [-0.2, 0) is 42.7 Å². The third kappa shape index (κ3) is 4.36. The second kappa shape index (κ2) is 8.70. The molecule has 3 heterocycles. The number of sulfonamides is 1. The highest BCUT2D eigenvalue weighted by Crippen LogP contribution is 2.28. The lowest BCUT2D eigenvalue weighted by Gasteiger charge is -2.21. The monoisotopic (exact) mass is 448 g/mol. The zero-order chi connectivity index (χ0) is 22.0. The smallest absolute Gasteiger partial charge is 0.243 e. The average molecular weight is 449 g/mol. The van der Waals surface area contributed by atoms with Crippen LogP contribution in [0, 0.1) is 0 Å². The molecule has 5 rings (SSSR count). The normalized spacial score (nSPS) is 14.2. The number of H-pyrrole nitrogens is 2. The molecule has 4 aromatic rings. The molecule has 1 aliphatic heterocycles. The highest BCUT2D eigenvalue weighted by atomic mass is 32.2. The molecular weight excluding hydrogens is 424 g/mol. The molecule has 0 aliphatic carbocycles. The van der Waals surface area contributed by atoms with Crippen LogP contribution < -0.4 is 0 Å². The Hall–Kier alpha value is -3.27. The summed E-state index contributed by atoms with van der Waals surface area (Å²) in [6.45, 7) is 2.79. The van der Waals surface area contributed by atoms with Gasteiger partial charge in [-0.1, -0.05) is 36.4 Å². The standard InChI is InChI=1S/C23H24N6O2S/c30-32(31,29-13-19-3-1-2-4-20(19)14-29)22-7-5-18(6-8-22)12-28(15-21-11-24-17-27-21)16-23-25-9-10-26-23/h1-11,17H,12-16H2,(H,24,27)(H,25,26). The number of nitrogens with one attached hydrogen (secondary N) is 2. The van der Waals surface area contributed by atoms with E-state index >= 15 is 0 Å². The molecule has 9 heteroatoms. The first kappa shape index (κ1) is 20.6. The Labute approximate surface area is 187 Å². The van der Waals surface area contributed by atoms with E-state index in [4.69, 9.17) is 0 Å². The Morgan fingerprint density at radius 2 is 1.69 bits per heavy atom. The highest BCUT2D eigenvalue weighted by Gasteiger charge is 2.30. The predicted octanol–water partition coefficient (Wildman–Crippen LogP) is 3.04. The largest absolute Gasteiger partial charge is 0.348 e. The van der Waals surface area contributed by atoms with Crippen LogP contribution in [0.4, 0.5) is 0 Å². The SMILES string of the molecule is O=S(=O)(c1ccc(CN(Cc2cnc[nH]2)Cc2ncc[nH]2)cc1)N1Cc2ccccc2C1. The van der Waals surface area contributed by atoms with Crippen molar-refractivity contribution in [2.24, 2.45) is 0 Å². The topological polar surface area (TPSA) is 98.0 Å². The second-order valence-corrected chi connectivity index (χ2v) is 9.88. The van der Waals surface area contributed by atoms with E-state index < -0.39 is 10.0 Å². The van der Waals surface area contributed by atoms with Gasteiger partial charge >= 0.3 is 0 Å². The van der Waals surface area contributed by atoms with Crippen LogP contribution in [0.1, 0.15) is 28.2 Å². The van der Waals surface area contributed by atoms with E-state index in [0.717, 1.165) is 28.2 Å². The van der Waals surface area contributed by atoms with E-state index in [9.17, 15) is 8.42 Å². The van der Waals surface area contributed by atoms with Gasteiger partial charge in [-0.3, -0.25) is 4.90 Å². The van der Waals surface area contributed by atoms with Crippen LogP contribution in [0.2, 0.25) is 0 Å². The van der Waals surface area contributed by atoms with Crippen molar-refractivity contribution in [2.45, 2.75) is 37.6 Å². The summed E-state index contributed by atoms with van der Waals surface area (Å²) in [6.07, 6.45) is 7.01. The zero-order valence-corrected chi connectivity index (χ0v) is 18.3. The summed E-state index contributed by atoms with van der Waals surface area (Å²) in [6, 6.07) is 15.0. The van der Waals surface area contributed by atoms with Crippen LogP contribution in [-0.4, -0.2) is 37.6 Å². The molecule has 0 saturated carbocycles. The maximum Gasteiger partial charge on any atom is 0.243 e. The summed E-state index contributed by atoms with van der Waals surface area (Å²) in [5.41, 5.74) is 4.17. The fraction of sp³-hybridized carbons (Fsp3) is 0.217. The molecule has 1 aliphatic rings. The minimum Gasteiger partial charge on any atom is -0.348 e. The lowest BCUT2D eigenvalue weighted by Crippen LogP contribution is -2.26. The van der Waals surface area contributed by atoms with Crippen LogP contribution >= 0.6 is 0 Å². The van der Waals surface area contributed by atoms with Crippen LogP contribution in [0.25, 0.3) is 0 Å². The zero-order valence-electron chi connectivity index (χ0n) is 17.5.